The van der Waals surface area contributed by atoms with Crippen molar-refractivity contribution in [2.75, 3.05) is 7.11 Å². The van der Waals surface area contributed by atoms with Crippen molar-refractivity contribution in [1.82, 2.24) is 0 Å². The molecule has 2 N–H and O–H groups in total. The van der Waals surface area contributed by atoms with Crippen molar-refractivity contribution in [2.24, 2.45) is 5.73 Å². The lowest BCUT2D eigenvalue weighted by Crippen LogP contribution is -2.14. The average molecular weight is 269 g/mol. The molecule has 2 heteroatoms. The fourth-order valence-electron chi connectivity index (χ4n) is 2.50. The van der Waals surface area contributed by atoms with Crippen LogP contribution in [0.1, 0.15) is 39.4 Å². The number of benzene rings is 2. The highest BCUT2D eigenvalue weighted by Crippen LogP contribution is 2.29. The molecule has 1 unspecified atom stereocenters. The number of rotatable bonds is 3. The molecular weight excluding hydrogens is 246 g/mol. The maximum atomic E-state index is 6.46. The van der Waals surface area contributed by atoms with Crippen LogP contribution < -0.4 is 10.5 Å². The van der Waals surface area contributed by atoms with Crippen LogP contribution in [0.15, 0.2) is 30.3 Å². The van der Waals surface area contributed by atoms with E-state index in [9.17, 15) is 0 Å². The minimum absolute atomic E-state index is 0.0982. The predicted octanol–water partition coefficient (Wildman–Crippen LogP) is 3.98. The van der Waals surface area contributed by atoms with Gasteiger partial charge in [-0.05, 0) is 67.1 Å². The molecule has 2 rings (SSSR count). The van der Waals surface area contributed by atoms with Gasteiger partial charge in [-0.25, -0.2) is 0 Å². The average Bonchev–Trinajstić information content (AvgIpc) is 2.43. The van der Waals surface area contributed by atoms with E-state index in [1.165, 1.54) is 11.1 Å². The third kappa shape index (κ3) is 2.70. The van der Waals surface area contributed by atoms with Crippen LogP contribution >= 0.6 is 0 Å². The number of aryl methyl sites for hydroxylation is 4. The van der Waals surface area contributed by atoms with Gasteiger partial charge >= 0.3 is 0 Å². The van der Waals surface area contributed by atoms with Crippen LogP contribution in [0.2, 0.25) is 0 Å². The van der Waals surface area contributed by atoms with Crippen LogP contribution in [0.5, 0.6) is 5.75 Å². The number of hydrogen-bond donors (Lipinski definition) is 1. The first-order valence-corrected chi connectivity index (χ1v) is 6.92. The van der Waals surface area contributed by atoms with Crippen molar-refractivity contribution < 1.29 is 4.74 Å². The van der Waals surface area contributed by atoms with E-state index in [4.69, 9.17) is 10.5 Å². The summed E-state index contributed by atoms with van der Waals surface area (Å²) in [5.74, 6) is 0.915. The van der Waals surface area contributed by atoms with E-state index < -0.39 is 0 Å². The molecule has 0 saturated heterocycles. The molecule has 0 spiro atoms. The molecule has 0 radical (unpaired) electrons. The Morgan fingerprint density at radius 1 is 0.850 bits per heavy atom. The summed E-state index contributed by atoms with van der Waals surface area (Å²) in [6.45, 7) is 8.37. The summed E-state index contributed by atoms with van der Waals surface area (Å²) in [7, 11) is 1.70. The second-order valence-corrected chi connectivity index (χ2v) is 5.50. The van der Waals surface area contributed by atoms with E-state index in [0.717, 1.165) is 28.0 Å². The lowest BCUT2D eigenvalue weighted by molar-refractivity contribution is 0.411. The van der Waals surface area contributed by atoms with Crippen molar-refractivity contribution >= 4 is 0 Å². The van der Waals surface area contributed by atoms with Gasteiger partial charge in [0.15, 0.2) is 0 Å². The molecule has 2 aromatic rings. The number of methoxy groups -OCH3 is 1. The van der Waals surface area contributed by atoms with Gasteiger partial charge in [0.2, 0.25) is 0 Å². The smallest absolute Gasteiger partial charge is 0.122 e. The number of nitrogens with two attached hydrogens (primary N) is 1. The van der Waals surface area contributed by atoms with Gasteiger partial charge in [0, 0.05) is 0 Å². The minimum Gasteiger partial charge on any atom is -0.496 e. The van der Waals surface area contributed by atoms with Crippen molar-refractivity contribution in [3.63, 3.8) is 0 Å². The maximum Gasteiger partial charge on any atom is 0.122 e. The van der Waals surface area contributed by atoms with E-state index in [-0.39, 0.29) is 6.04 Å². The van der Waals surface area contributed by atoms with E-state index >= 15 is 0 Å². The largest absolute Gasteiger partial charge is 0.496 e. The second-order valence-electron chi connectivity index (χ2n) is 5.50. The highest BCUT2D eigenvalue weighted by atomic mass is 16.5. The molecule has 0 saturated carbocycles. The third-order valence-corrected chi connectivity index (χ3v) is 4.01. The molecule has 0 aliphatic rings. The highest BCUT2D eigenvalue weighted by Gasteiger charge is 2.14. The van der Waals surface area contributed by atoms with Crippen LogP contribution in [0.4, 0.5) is 0 Å². The molecule has 20 heavy (non-hydrogen) atoms. The lowest BCUT2D eigenvalue weighted by atomic mass is 9.92. The van der Waals surface area contributed by atoms with Gasteiger partial charge in [-0.3, -0.25) is 0 Å². The molecule has 0 heterocycles. The molecule has 0 aliphatic heterocycles. The topological polar surface area (TPSA) is 35.2 Å². The van der Waals surface area contributed by atoms with Crippen LogP contribution in [0.3, 0.4) is 0 Å². The van der Waals surface area contributed by atoms with Crippen LogP contribution in [-0.4, -0.2) is 7.11 Å². The van der Waals surface area contributed by atoms with Gasteiger partial charge in [0.25, 0.3) is 0 Å². The zero-order valence-electron chi connectivity index (χ0n) is 12.9. The van der Waals surface area contributed by atoms with Gasteiger partial charge in [0.05, 0.1) is 13.2 Å². The quantitative estimate of drug-likeness (QED) is 0.914. The Hall–Kier alpha value is -1.80. The minimum atomic E-state index is -0.0982. The Balaban J connectivity index is 2.45. The molecule has 0 amide bonds. The number of hydrogen-bond acceptors (Lipinski definition) is 2. The third-order valence-electron chi connectivity index (χ3n) is 4.01. The molecule has 0 fully saturated rings. The van der Waals surface area contributed by atoms with Crippen molar-refractivity contribution in [2.45, 2.75) is 33.7 Å². The Morgan fingerprint density at radius 3 is 2.15 bits per heavy atom. The Kier molecular flexibility index (Phi) is 4.15. The molecule has 1 atom stereocenters. The Labute approximate surface area is 121 Å². The van der Waals surface area contributed by atoms with Gasteiger partial charge in [0.1, 0.15) is 5.75 Å². The molecular formula is C18H23NO. The maximum absolute atomic E-state index is 6.46. The van der Waals surface area contributed by atoms with Gasteiger partial charge in [-0.15, -0.1) is 0 Å². The van der Waals surface area contributed by atoms with Crippen molar-refractivity contribution in [3.8, 4) is 5.75 Å². The Bertz CT molecular complexity index is 632. The molecule has 2 aromatic carbocycles. The van der Waals surface area contributed by atoms with Crippen molar-refractivity contribution in [3.05, 3.63) is 63.7 Å². The summed E-state index contributed by atoms with van der Waals surface area (Å²) < 4.78 is 5.36. The SMILES string of the molecule is COc1cc(C)c(C(N)c2ccc(C)c(C)c2)cc1C. The van der Waals surface area contributed by atoms with Gasteiger partial charge in [-0.2, -0.15) is 0 Å². The van der Waals surface area contributed by atoms with Gasteiger partial charge < -0.3 is 10.5 Å². The van der Waals surface area contributed by atoms with Crippen molar-refractivity contribution in [1.29, 1.82) is 0 Å². The van der Waals surface area contributed by atoms with Crippen LogP contribution in [0, 0.1) is 27.7 Å². The molecule has 2 nitrogen and oxygen atoms in total. The highest BCUT2D eigenvalue weighted by molar-refractivity contribution is 5.46. The lowest BCUT2D eigenvalue weighted by Gasteiger charge is -2.18. The first-order valence-electron chi connectivity index (χ1n) is 6.92. The zero-order valence-corrected chi connectivity index (χ0v) is 12.9. The Morgan fingerprint density at radius 2 is 1.55 bits per heavy atom. The molecule has 106 valence electrons. The standard InChI is InChI=1S/C18H23NO/c1-11-6-7-15(8-12(11)2)18(19)16-9-14(4)17(20-5)10-13(16)3/h6-10,18H,19H2,1-5H3. The predicted molar refractivity (Wildman–Crippen MR) is 84.4 cm³/mol. The summed E-state index contributed by atoms with van der Waals surface area (Å²) in [5, 5.41) is 0. The van der Waals surface area contributed by atoms with Gasteiger partial charge in [-0.1, -0.05) is 24.3 Å². The van der Waals surface area contributed by atoms with Crippen LogP contribution in [0.25, 0.3) is 0 Å². The fraction of sp³-hybridized carbons (Fsp3) is 0.333. The fourth-order valence-corrected chi connectivity index (χ4v) is 2.50. The van der Waals surface area contributed by atoms with E-state index in [2.05, 4.69) is 58.0 Å². The molecule has 0 aromatic heterocycles. The van der Waals surface area contributed by atoms with Crippen LogP contribution in [-0.2, 0) is 0 Å². The summed E-state index contributed by atoms with van der Waals surface area (Å²) in [6.07, 6.45) is 0. The summed E-state index contributed by atoms with van der Waals surface area (Å²) in [5.41, 5.74) is 13.6. The van der Waals surface area contributed by atoms with E-state index in [0.29, 0.717) is 0 Å². The normalized spacial score (nSPS) is 12.3. The number of ether oxygens (including phenoxy) is 1. The van der Waals surface area contributed by atoms with E-state index in [1.54, 1.807) is 7.11 Å². The first kappa shape index (κ1) is 14.6. The van der Waals surface area contributed by atoms with E-state index in [1.807, 2.05) is 0 Å². The summed E-state index contributed by atoms with van der Waals surface area (Å²) >= 11 is 0. The zero-order chi connectivity index (χ0) is 14.9. The first-order chi connectivity index (χ1) is 9.43. The molecule has 0 bridgehead atoms. The summed E-state index contributed by atoms with van der Waals surface area (Å²) in [4.78, 5) is 0. The molecule has 0 aliphatic carbocycles. The monoisotopic (exact) mass is 269 g/mol. The second kappa shape index (κ2) is 5.68. The summed E-state index contributed by atoms with van der Waals surface area (Å²) in [6, 6.07) is 10.5.